The molecule has 2 heterocycles. The van der Waals surface area contributed by atoms with Gasteiger partial charge >= 0.3 is 5.97 Å². The lowest BCUT2D eigenvalue weighted by atomic mass is 9.79. The minimum atomic E-state index is -1.29. The molecule has 6 nitrogen and oxygen atoms in total. The van der Waals surface area contributed by atoms with Crippen molar-refractivity contribution in [3.63, 3.8) is 0 Å². The molecule has 3 aromatic rings. The number of aryl methyl sites for hydroxylation is 1. The standard InChI is InChI=1S/C26H21NO5S/c28-23-14-15-24(29)27(23)32-25(30)16-11-17-9-12-18(13-10-17)26(31)19-5-1-3-7-21(19)33-22-8-4-2-6-20(22)26/h1-10,12-13,31H,11,14-16H2. The molecule has 1 saturated heterocycles. The number of hydroxylamine groups is 2. The van der Waals surface area contributed by atoms with Gasteiger partial charge < -0.3 is 9.94 Å². The van der Waals surface area contributed by atoms with E-state index >= 15 is 0 Å². The summed E-state index contributed by atoms with van der Waals surface area (Å²) in [5.41, 5.74) is 2.01. The predicted octanol–water partition coefficient (Wildman–Crippen LogP) is 3.98. The molecule has 3 aromatic carbocycles. The number of nitrogens with zero attached hydrogens (tertiary/aromatic N) is 1. The van der Waals surface area contributed by atoms with Gasteiger partial charge in [-0.25, -0.2) is 4.79 Å². The second-order valence-corrected chi connectivity index (χ2v) is 9.13. The van der Waals surface area contributed by atoms with E-state index in [9.17, 15) is 19.5 Å². The van der Waals surface area contributed by atoms with Crippen molar-refractivity contribution in [3.8, 4) is 0 Å². The van der Waals surface area contributed by atoms with E-state index in [0.717, 1.165) is 32.0 Å². The second-order valence-electron chi connectivity index (χ2n) is 8.05. The van der Waals surface area contributed by atoms with Crippen LogP contribution in [0.15, 0.2) is 82.6 Å². The van der Waals surface area contributed by atoms with Gasteiger partial charge in [0.2, 0.25) is 0 Å². The first-order valence-electron chi connectivity index (χ1n) is 10.7. The lowest BCUT2D eigenvalue weighted by Gasteiger charge is -2.36. The highest BCUT2D eigenvalue weighted by atomic mass is 32.2. The molecule has 7 heteroatoms. The highest BCUT2D eigenvalue weighted by molar-refractivity contribution is 7.99. The summed E-state index contributed by atoms with van der Waals surface area (Å²) in [5.74, 6) is -1.61. The van der Waals surface area contributed by atoms with Crippen LogP contribution in [0.2, 0.25) is 0 Å². The van der Waals surface area contributed by atoms with Crippen molar-refractivity contribution in [3.05, 3.63) is 95.1 Å². The Bertz CT molecular complexity index is 1190. The van der Waals surface area contributed by atoms with Crippen LogP contribution in [0.5, 0.6) is 0 Å². The van der Waals surface area contributed by atoms with Crippen LogP contribution >= 0.6 is 11.8 Å². The van der Waals surface area contributed by atoms with Crippen LogP contribution in [-0.4, -0.2) is 28.0 Å². The molecule has 2 amide bonds. The number of benzene rings is 3. The third kappa shape index (κ3) is 3.83. The summed E-state index contributed by atoms with van der Waals surface area (Å²) < 4.78 is 0. The fourth-order valence-electron chi connectivity index (χ4n) is 4.25. The Morgan fingerprint density at radius 3 is 2.00 bits per heavy atom. The summed E-state index contributed by atoms with van der Waals surface area (Å²) in [6, 6.07) is 23.2. The van der Waals surface area contributed by atoms with Gasteiger partial charge in [0, 0.05) is 33.8 Å². The molecule has 1 fully saturated rings. The first kappa shape index (κ1) is 21.4. The fourth-order valence-corrected chi connectivity index (χ4v) is 5.43. The van der Waals surface area contributed by atoms with Crippen molar-refractivity contribution in [2.24, 2.45) is 0 Å². The van der Waals surface area contributed by atoms with E-state index in [0.29, 0.717) is 11.5 Å². The molecule has 0 bridgehead atoms. The average Bonchev–Trinajstić information content (AvgIpc) is 3.15. The van der Waals surface area contributed by atoms with E-state index in [2.05, 4.69) is 0 Å². The predicted molar refractivity (Wildman–Crippen MR) is 121 cm³/mol. The maximum atomic E-state index is 12.1. The molecule has 33 heavy (non-hydrogen) atoms. The first-order valence-corrected chi connectivity index (χ1v) is 11.5. The van der Waals surface area contributed by atoms with Gasteiger partial charge in [-0.1, -0.05) is 72.4 Å². The highest BCUT2D eigenvalue weighted by Gasteiger charge is 2.40. The van der Waals surface area contributed by atoms with E-state index in [-0.39, 0.29) is 19.3 Å². The Balaban J connectivity index is 1.35. The molecule has 2 aliphatic rings. The topological polar surface area (TPSA) is 83.9 Å². The minimum Gasteiger partial charge on any atom is -0.376 e. The quantitative estimate of drug-likeness (QED) is 0.581. The number of hydrogen-bond acceptors (Lipinski definition) is 6. The van der Waals surface area contributed by atoms with Crippen LogP contribution in [0.25, 0.3) is 0 Å². The van der Waals surface area contributed by atoms with E-state index in [4.69, 9.17) is 4.84 Å². The molecule has 0 aliphatic carbocycles. The molecular formula is C26H21NO5S. The molecule has 0 saturated carbocycles. The number of carbonyl (C=O) groups is 3. The number of hydrogen-bond donors (Lipinski definition) is 1. The van der Waals surface area contributed by atoms with E-state index < -0.39 is 23.4 Å². The molecule has 2 aliphatic heterocycles. The second kappa shape index (κ2) is 8.50. The maximum Gasteiger partial charge on any atom is 0.333 e. The van der Waals surface area contributed by atoms with Crippen LogP contribution < -0.4 is 0 Å². The minimum absolute atomic E-state index is 0.0307. The van der Waals surface area contributed by atoms with Crippen LogP contribution in [0.4, 0.5) is 0 Å². The molecule has 1 N–H and O–H groups in total. The zero-order chi connectivity index (χ0) is 23.0. The molecule has 0 atom stereocenters. The van der Waals surface area contributed by atoms with Crippen molar-refractivity contribution in [2.45, 2.75) is 41.1 Å². The van der Waals surface area contributed by atoms with Gasteiger partial charge in [-0.15, -0.1) is 5.06 Å². The van der Waals surface area contributed by atoms with E-state index in [1.807, 2.05) is 72.8 Å². The number of fused-ring (bicyclic) bond motifs is 2. The zero-order valence-electron chi connectivity index (χ0n) is 17.7. The Morgan fingerprint density at radius 1 is 0.879 bits per heavy atom. The SMILES string of the molecule is O=C(CCc1ccc(C2(O)c3ccccc3Sc3ccccc32)cc1)ON1C(=O)CCC1=O. The Labute approximate surface area is 195 Å². The number of amides is 2. The summed E-state index contributed by atoms with van der Waals surface area (Å²) >= 11 is 1.64. The Hall–Kier alpha value is -3.42. The van der Waals surface area contributed by atoms with Crippen molar-refractivity contribution in [2.75, 3.05) is 0 Å². The monoisotopic (exact) mass is 459 g/mol. The van der Waals surface area contributed by atoms with Gasteiger partial charge in [0.1, 0.15) is 5.60 Å². The van der Waals surface area contributed by atoms with E-state index in [1.54, 1.807) is 11.8 Å². The zero-order valence-corrected chi connectivity index (χ0v) is 18.5. The van der Waals surface area contributed by atoms with Gasteiger partial charge in [-0.3, -0.25) is 9.59 Å². The first-order chi connectivity index (χ1) is 16.0. The summed E-state index contributed by atoms with van der Waals surface area (Å²) in [7, 11) is 0. The molecule has 0 unspecified atom stereocenters. The summed E-state index contributed by atoms with van der Waals surface area (Å²) in [5, 5.41) is 12.6. The summed E-state index contributed by atoms with van der Waals surface area (Å²) in [6.45, 7) is 0. The number of carbonyl (C=O) groups excluding carboxylic acids is 3. The third-order valence-electron chi connectivity index (χ3n) is 5.96. The lowest BCUT2D eigenvalue weighted by molar-refractivity contribution is -0.197. The third-order valence-corrected chi connectivity index (χ3v) is 7.11. The maximum absolute atomic E-state index is 12.1. The number of rotatable bonds is 5. The Kier molecular flexibility index (Phi) is 5.52. The van der Waals surface area contributed by atoms with Crippen LogP contribution in [-0.2, 0) is 31.2 Å². The summed E-state index contributed by atoms with van der Waals surface area (Å²) in [4.78, 5) is 42.2. The van der Waals surface area contributed by atoms with Crippen molar-refractivity contribution in [1.29, 1.82) is 0 Å². The summed E-state index contributed by atoms with van der Waals surface area (Å²) in [6.07, 6.45) is 0.558. The number of imide groups is 1. The normalized spacial score (nSPS) is 16.3. The fraction of sp³-hybridized carbons (Fsp3) is 0.192. The largest absolute Gasteiger partial charge is 0.376 e. The van der Waals surface area contributed by atoms with E-state index in [1.165, 1.54) is 0 Å². The van der Waals surface area contributed by atoms with Gasteiger partial charge in [0.25, 0.3) is 11.8 Å². The molecule has 0 spiro atoms. The van der Waals surface area contributed by atoms with Gasteiger partial charge in [-0.05, 0) is 29.7 Å². The number of aliphatic hydroxyl groups is 1. The van der Waals surface area contributed by atoms with Gasteiger partial charge in [0.15, 0.2) is 0 Å². The van der Waals surface area contributed by atoms with Crippen LogP contribution in [0.1, 0.15) is 41.5 Å². The Morgan fingerprint density at radius 2 is 1.42 bits per heavy atom. The molecule has 5 rings (SSSR count). The lowest BCUT2D eigenvalue weighted by Crippen LogP contribution is -2.32. The van der Waals surface area contributed by atoms with Crippen LogP contribution in [0.3, 0.4) is 0 Å². The van der Waals surface area contributed by atoms with Crippen molar-refractivity contribution < 1.29 is 24.3 Å². The average molecular weight is 460 g/mol. The van der Waals surface area contributed by atoms with Crippen LogP contribution in [0, 0.1) is 0 Å². The van der Waals surface area contributed by atoms with Gasteiger partial charge in [-0.2, -0.15) is 0 Å². The van der Waals surface area contributed by atoms with Gasteiger partial charge in [0.05, 0.1) is 6.42 Å². The molecule has 0 radical (unpaired) electrons. The molecule has 0 aromatic heterocycles. The highest BCUT2D eigenvalue weighted by Crippen LogP contribution is 2.50. The van der Waals surface area contributed by atoms with Crippen molar-refractivity contribution >= 4 is 29.5 Å². The molecular weight excluding hydrogens is 438 g/mol. The van der Waals surface area contributed by atoms with Crippen molar-refractivity contribution in [1.82, 2.24) is 5.06 Å². The smallest absolute Gasteiger partial charge is 0.333 e. The molecule has 166 valence electrons.